The molecule has 128 valence electrons. The minimum Gasteiger partial charge on any atom is -0.334 e. The lowest BCUT2D eigenvalue weighted by Crippen LogP contribution is -3.11. The van der Waals surface area contributed by atoms with Crippen molar-refractivity contribution in [1.29, 1.82) is 0 Å². The number of aromatic nitrogens is 2. The summed E-state index contributed by atoms with van der Waals surface area (Å²) in [6.07, 6.45) is 1.83. The Hall–Kier alpha value is -1.56. The number of likely N-dealkylation sites (N-methyl/N-ethyl adjacent to an activating group) is 1. The van der Waals surface area contributed by atoms with Gasteiger partial charge in [-0.1, -0.05) is 41.4 Å². The smallest absolute Gasteiger partial charge is 0.136 e. The highest BCUT2D eigenvalue weighted by molar-refractivity contribution is 6.32. The number of halogens is 2. The molecule has 1 aromatic heterocycles. The highest BCUT2D eigenvalue weighted by Gasteiger charge is 2.16. The van der Waals surface area contributed by atoms with Gasteiger partial charge in [-0.15, -0.1) is 0 Å². The second-order valence-electron chi connectivity index (χ2n) is 6.19. The third-order valence-corrected chi connectivity index (χ3v) is 5.10. The molecule has 0 unspecified atom stereocenters. The lowest BCUT2D eigenvalue weighted by molar-refractivity contribution is -0.884. The normalized spacial score (nSPS) is 16.2. The van der Waals surface area contributed by atoms with E-state index in [1.807, 2.05) is 37.4 Å². The number of quaternary nitrogens is 1. The van der Waals surface area contributed by atoms with Crippen LogP contribution in [-0.4, -0.2) is 54.2 Å². The quantitative estimate of drug-likeness (QED) is 0.836. The number of nitrogens with one attached hydrogen (secondary N) is 1. The first-order chi connectivity index (χ1) is 11.5. The van der Waals surface area contributed by atoms with Gasteiger partial charge in [0.25, 0.3) is 0 Å². The van der Waals surface area contributed by atoms with Gasteiger partial charge in [0.05, 0.1) is 57.2 Å². The minimum atomic E-state index is 0.547. The van der Waals surface area contributed by atoms with E-state index in [-0.39, 0.29) is 0 Å². The Labute approximate surface area is 152 Å². The van der Waals surface area contributed by atoms with Crippen molar-refractivity contribution in [3.05, 3.63) is 51.3 Å². The van der Waals surface area contributed by atoms with Gasteiger partial charge in [-0.2, -0.15) is 10.2 Å². The molecule has 0 spiro atoms. The number of benzene rings is 1. The Kier molecular flexibility index (Phi) is 5.43. The average Bonchev–Trinajstić information content (AvgIpc) is 2.83. The highest BCUT2D eigenvalue weighted by atomic mass is 35.5. The largest absolute Gasteiger partial charge is 0.334 e. The lowest BCUT2D eigenvalue weighted by Gasteiger charge is -2.27. The molecule has 1 aliphatic heterocycles. The van der Waals surface area contributed by atoms with Crippen molar-refractivity contribution in [3.63, 3.8) is 0 Å². The molecule has 0 atom stereocenters. The molecule has 0 aliphatic carbocycles. The predicted molar refractivity (Wildman–Crippen MR) is 98.3 cm³/mol. The van der Waals surface area contributed by atoms with Gasteiger partial charge in [0.15, 0.2) is 0 Å². The maximum Gasteiger partial charge on any atom is 0.136 e. The van der Waals surface area contributed by atoms with E-state index in [4.69, 9.17) is 23.2 Å². The number of aryl methyl sites for hydroxylation is 1. The van der Waals surface area contributed by atoms with Crippen LogP contribution in [-0.2, 0) is 6.54 Å². The van der Waals surface area contributed by atoms with Crippen molar-refractivity contribution >= 4 is 29.4 Å². The summed E-state index contributed by atoms with van der Waals surface area (Å²) in [5.74, 6) is 0. The molecule has 1 aliphatic rings. The Balaban J connectivity index is 1.76. The third kappa shape index (κ3) is 3.91. The molecule has 0 amide bonds. The van der Waals surface area contributed by atoms with E-state index < -0.39 is 0 Å². The summed E-state index contributed by atoms with van der Waals surface area (Å²) in [5, 5.41) is 12.5. The standard InChI is InChI=1S/C17H21Cl2N5/c1-13-15(11-20-23-9-7-22(2)8-10-23)17(19)24(21-13)12-14-5-3-4-6-16(14)18/h3-6,11H,7-10,12H2,1-2H3/p+1/b20-11-. The van der Waals surface area contributed by atoms with Crippen molar-refractivity contribution in [2.45, 2.75) is 13.5 Å². The molecule has 1 fully saturated rings. The minimum absolute atomic E-state index is 0.547. The maximum absolute atomic E-state index is 6.52. The third-order valence-electron chi connectivity index (χ3n) is 4.33. The molecule has 2 heterocycles. The zero-order valence-corrected chi connectivity index (χ0v) is 15.5. The number of piperazine rings is 1. The molecule has 5 nitrogen and oxygen atoms in total. The summed E-state index contributed by atoms with van der Waals surface area (Å²) >= 11 is 12.7. The molecule has 0 radical (unpaired) electrons. The Bertz CT molecular complexity index is 733. The fraction of sp³-hybridized carbons (Fsp3) is 0.412. The molecule has 3 rings (SSSR count). The van der Waals surface area contributed by atoms with Gasteiger partial charge < -0.3 is 4.90 Å². The van der Waals surface area contributed by atoms with E-state index in [1.165, 1.54) is 0 Å². The predicted octanol–water partition coefficient (Wildman–Crippen LogP) is 1.71. The van der Waals surface area contributed by atoms with Crippen molar-refractivity contribution < 1.29 is 4.90 Å². The maximum atomic E-state index is 6.52. The van der Waals surface area contributed by atoms with E-state index >= 15 is 0 Å². The molecule has 24 heavy (non-hydrogen) atoms. The molecule has 1 aromatic carbocycles. The van der Waals surface area contributed by atoms with Crippen LogP contribution in [0.4, 0.5) is 0 Å². The first-order valence-corrected chi connectivity index (χ1v) is 8.86. The van der Waals surface area contributed by atoms with Gasteiger partial charge >= 0.3 is 0 Å². The first kappa shape index (κ1) is 17.3. The molecular weight excluding hydrogens is 345 g/mol. The van der Waals surface area contributed by atoms with Gasteiger partial charge in [-0.05, 0) is 18.6 Å². The van der Waals surface area contributed by atoms with Crippen LogP contribution in [0.5, 0.6) is 0 Å². The van der Waals surface area contributed by atoms with Crippen LogP contribution in [0.3, 0.4) is 0 Å². The zero-order chi connectivity index (χ0) is 17.1. The van der Waals surface area contributed by atoms with E-state index in [1.54, 1.807) is 9.58 Å². The number of hydrogen-bond donors (Lipinski definition) is 1. The molecule has 1 saturated heterocycles. The number of rotatable bonds is 4. The van der Waals surface area contributed by atoms with Crippen LogP contribution >= 0.6 is 23.2 Å². The van der Waals surface area contributed by atoms with Gasteiger partial charge in [-0.25, -0.2) is 4.68 Å². The summed E-state index contributed by atoms with van der Waals surface area (Å²) in [5.41, 5.74) is 2.74. The Morgan fingerprint density at radius 2 is 1.96 bits per heavy atom. The second-order valence-corrected chi connectivity index (χ2v) is 6.96. The van der Waals surface area contributed by atoms with Crippen molar-refractivity contribution in [1.82, 2.24) is 14.8 Å². The van der Waals surface area contributed by atoms with Gasteiger partial charge in [0, 0.05) is 5.02 Å². The van der Waals surface area contributed by atoms with Crippen molar-refractivity contribution in [3.8, 4) is 0 Å². The van der Waals surface area contributed by atoms with E-state index in [0.717, 1.165) is 48.0 Å². The van der Waals surface area contributed by atoms with E-state index in [2.05, 4.69) is 22.3 Å². The zero-order valence-electron chi connectivity index (χ0n) is 14.0. The number of hydrogen-bond acceptors (Lipinski definition) is 3. The van der Waals surface area contributed by atoms with Gasteiger partial charge in [0.1, 0.15) is 5.15 Å². The summed E-state index contributed by atoms with van der Waals surface area (Å²) < 4.78 is 1.77. The first-order valence-electron chi connectivity index (χ1n) is 8.11. The van der Waals surface area contributed by atoms with Crippen LogP contribution in [0.15, 0.2) is 29.4 Å². The van der Waals surface area contributed by atoms with Gasteiger partial charge in [-0.3, -0.25) is 5.01 Å². The van der Waals surface area contributed by atoms with Crippen LogP contribution in [0.25, 0.3) is 0 Å². The Morgan fingerprint density at radius 1 is 1.25 bits per heavy atom. The lowest BCUT2D eigenvalue weighted by atomic mass is 10.2. The molecular formula is C17H22Cl2N5+. The second kappa shape index (κ2) is 7.55. The summed E-state index contributed by atoms with van der Waals surface area (Å²) in [6, 6.07) is 7.73. The molecule has 2 aromatic rings. The number of nitrogens with zero attached hydrogens (tertiary/aromatic N) is 4. The molecule has 0 saturated carbocycles. The number of hydrazone groups is 1. The summed E-state index contributed by atoms with van der Waals surface area (Å²) in [4.78, 5) is 1.54. The SMILES string of the molecule is Cc1nn(Cc2ccccc2Cl)c(Cl)c1/C=N\N1CC[NH+](C)CC1. The van der Waals surface area contributed by atoms with Crippen LogP contribution < -0.4 is 4.90 Å². The molecule has 7 heteroatoms. The van der Waals surface area contributed by atoms with Crippen LogP contribution in [0, 0.1) is 6.92 Å². The van der Waals surface area contributed by atoms with Crippen molar-refractivity contribution in [2.75, 3.05) is 33.2 Å². The van der Waals surface area contributed by atoms with Gasteiger partial charge in [0.2, 0.25) is 0 Å². The van der Waals surface area contributed by atoms with E-state index in [9.17, 15) is 0 Å². The summed E-state index contributed by atoms with van der Waals surface area (Å²) in [7, 11) is 2.21. The fourth-order valence-corrected chi connectivity index (χ4v) is 3.22. The van der Waals surface area contributed by atoms with Crippen LogP contribution in [0.1, 0.15) is 16.8 Å². The molecule has 1 N–H and O–H groups in total. The van der Waals surface area contributed by atoms with Crippen molar-refractivity contribution in [2.24, 2.45) is 5.10 Å². The summed E-state index contributed by atoms with van der Waals surface area (Å²) in [6.45, 7) is 6.64. The van der Waals surface area contributed by atoms with Crippen LogP contribution in [0.2, 0.25) is 10.2 Å². The Morgan fingerprint density at radius 3 is 2.67 bits per heavy atom. The van der Waals surface area contributed by atoms with E-state index in [0.29, 0.717) is 11.7 Å². The monoisotopic (exact) mass is 366 g/mol. The molecule has 0 bridgehead atoms. The highest BCUT2D eigenvalue weighted by Crippen LogP contribution is 2.22. The average molecular weight is 367 g/mol. The fourth-order valence-electron chi connectivity index (χ4n) is 2.74. The topological polar surface area (TPSA) is 37.9 Å².